The minimum absolute atomic E-state index is 0.410. The highest BCUT2D eigenvalue weighted by atomic mass is 35.5. The van der Waals surface area contributed by atoms with Gasteiger partial charge in [-0.1, -0.05) is 29.3 Å². The molecule has 0 saturated heterocycles. The Morgan fingerprint density at radius 1 is 1.16 bits per heavy atom. The third-order valence-electron chi connectivity index (χ3n) is 2.74. The maximum absolute atomic E-state index is 10.3. The van der Waals surface area contributed by atoms with Crippen LogP contribution in [-0.2, 0) is 0 Å². The van der Waals surface area contributed by atoms with Gasteiger partial charge in [0, 0.05) is 22.4 Å². The summed E-state index contributed by atoms with van der Waals surface area (Å²) in [4.78, 5) is 8.18. The van der Waals surface area contributed by atoms with Crippen LogP contribution in [0.25, 0.3) is 0 Å². The van der Waals surface area contributed by atoms with Gasteiger partial charge < -0.3 is 5.11 Å². The van der Waals surface area contributed by atoms with E-state index in [1.165, 1.54) is 6.20 Å². The highest BCUT2D eigenvalue weighted by Crippen LogP contribution is 2.38. The second kappa shape index (κ2) is 6.06. The quantitative estimate of drug-likeness (QED) is 0.867. The van der Waals surface area contributed by atoms with Crippen molar-refractivity contribution < 1.29 is 5.11 Å². The summed E-state index contributed by atoms with van der Waals surface area (Å²) in [7, 11) is 0. The number of aliphatic hydroxyl groups is 1. The van der Waals surface area contributed by atoms with Gasteiger partial charge in [-0.25, -0.2) is 0 Å². The van der Waals surface area contributed by atoms with E-state index in [2.05, 4.69) is 9.97 Å². The second-order valence-corrected chi connectivity index (χ2v) is 5.35. The summed E-state index contributed by atoms with van der Waals surface area (Å²) in [6.07, 6.45) is 2.08. The lowest BCUT2D eigenvalue weighted by molar-refractivity contribution is 0.166. The van der Waals surface area contributed by atoms with Gasteiger partial charge in [0.15, 0.2) is 0 Å². The Balaban J connectivity index is 2.33. The van der Waals surface area contributed by atoms with Crippen molar-refractivity contribution in [2.75, 3.05) is 0 Å². The number of hydrogen-bond acceptors (Lipinski definition) is 3. The molecule has 0 bridgehead atoms. The van der Waals surface area contributed by atoms with E-state index in [4.69, 9.17) is 34.8 Å². The van der Waals surface area contributed by atoms with Gasteiger partial charge in [0.2, 0.25) is 0 Å². The molecule has 1 aromatic heterocycles. The van der Waals surface area contributed by atoms with Crippen LogP contribution in [0.15, 0.2) is 30.6 Å². The van der Waals surface area contributed by atoms with E-state index in [1.807, 2.05) is 0 Å². The monoisotopic (exact) mass is 316 g/mol. The van der Waals surface area contributed by atoms with Gasteiger partial charge in [0.1, 0.15) is 6.10 Å². The van der Waals surface area contributed by atoms with Crippen molar-refractivity contribution in [3.05, 3.63) is 57.6 Å². The van der Waals surface area contributed by atoms with Crippen molar-refractivity contribution in [3.63, 3.8) is 0 Å². The fourth-order valence-electron chi connectivity index (χ4n) is 1.74. The Kier molecular flexibility index (Phi) is 4.63. The van der Waals surface area contributed by atoms with Crippen molar-refractivity contribution >= 4 is 34.8 Å². The van der Waals surface area contributed by atoms with Crippen molar-refractivity contribution in [1.82, 2.24) is 9.97 Å². The smallest absolute Gasteiger partial charge is 0.118 e. The molecule has 2 aromatic rings. The van der Waals surface area contributed by atoms with Crippen LogP contribution in [0.5, 0.6) is 0 Å². The van der Waals surface area contributed by atoms with E-state index >= 15 is 0 Å². The van der Waals surface area contributed by atoms with Crippen LogP contribution >= 0.6 is 34.8 Å². The molecule has 0 aliphatic rings. The Hall–Kier alpha value is -0.870. The first-order valence-electron chi connectivity index (χ1n) is 5.55. The Bertz CT molecular complexity index is 592. The fourth-order valence-corrected chi connectivity index (χ4v) is 2.63. The topological polar surface area (TPSA) is 46.0 Å². The molecule has 1 aromatic carbocycles. The fraction of sp³-hybridized carbons (Fsp3) is 0.231. The number of aryl methyl sites for hydroxylation is 1. The molecule has 6 heteroatoms. The predicted molar refractivity (Wildman–Crippen MR) is 76.8 cm³/mol. The molecule has 1 heterocycles. The van der Waals surface area contributed by atoms with Crippen LogP contribution in [0.4, 0.5) is 0 Å². The van der Waals surface area contributed by atoms with Crippen LogP contribution < -0.4 is 0 Å². The number of aliphatic hydroxyl groups excluding tert-OH is 1. The Labute approximate surface area is 126 Å². The summed E-state index contributed by atoms with van der Waals surface area (Å²) < 4.78 is 0. The third-order valence-corrected chi connectivity index (χ3v) is 3.77. The molecule has 2 unspecified atom stereocenters. The zero-order valence-corrected chi connectivity index (χ0v) is 12.3. The van der Waals surface area contributed by atoms with Crippen molar-refractivity contribution in [2.45, 2.75) is 18.4 Å². The minimum Gasteiger partial charge on any atom is -0.385 e. The molecule has 19 heavy (non-hydrogen) atoms. The molecule has 2 atom stereocenters. The van der Waals surface area contributed by atoms with Gasteiger partial charge in [-0.2, -0.15) is 0 Å². The van der Waals surface area contributed by atoms with Gasteiger partial charge in [0.05, 0.1) is 16.8 Å². The van der Waals surface area contributed by atoms with Crippen molar-refractivity contribution in [1.29, 1.82) is 0 Å². The van der Waals surface area contributed by atoms with E-state index < -0.39 is 11.5 Å². The highest BCUT2D eigenvalue weighted by molar-refractivity contribution is 6.35. The minimum atomic E-state index is -0.992. The first kappa shape index (κ1) is 14.5. The highest BCUT2D eigenvalue weighted by Gasteiger charge is 2.25. The standard InChI is InChI=1S/C13H11Cl3N2O/c1-7-12(18-5-4-17-7)13(19)11(16)9-3-2-8(14)6-10(9)15/h2-6,11,13,19H,1H3. The molecule has 0 spiro atoms. The van der Waals surface area contributed by atoms with Crippen LogP contribution in [0.2, 0.25) is 10.0 Å². The molecule has 0 aliphatic heterocycles. The summed E-state index contributed by atoms with van der Waals surface area (Å²) in [6.45, 7) is 1.76. The molecule has 3 nitrogen and oxygen atoms in total. The number of halogens is 3. The maximum atomic E-state index is 10.3. The van der Waals surface area contributed by atoms with E-state index in [9.17, 15) is 5.11 Å². The van der Waals surface area contributed by atoms with Gasteiger partial charge >= 0.3 is 0 Å². The largest absolute Gasteiger partial charge is 0.385 e. The summed E-state index contributed by atoms with van der Waals surface area (Å²) in [6, 6.07) is 4.95. The van der Waals surface area contributed by atoms with Crippen LogP contribution in [-0.4, -0.2) is 15.1 Å². The molecular weight excluding hydrogens is 307 g/mol. The first-order chi connectivity index (χ1) is 9.00. The summed E-state index contributed by atoms with van der Waals surface area (Å²) >= 11 is 18.2. The normalized spacial score (nSPS) is 14.2. The van der Waals surface area contributed by atoms with Crippen molar-refractivity contribution in [3.8, 4) is 0 Å². The van der Waals surface area contributed by atoms with Crippen molar-refractivity contribution in [2.24, 2.45) is 0 Å². The summed E-state index contributed by atoms with van der Waals surface area (Å²) in [5, 5.41) is 10.5. The van der Waals surface area contributed by atoms with Crippen LogP contribution in [0.3, 0.4) is 0 Å². The van der Waals surface area contributed by atoms with E-state index in [0.717, 1.165) is 0 Å². The Morgan fingerprint density at radius 2 is 1.84 bits per heavy atom. The molecular formula is C13H11Cl3N2O. The summed E-state index contributed by atoms with van der Waals surface area (Å²) in [5.74, 6) is 0. The molecule has 0 aliphatic carbocycles. The van der Waals surface area contributed by atoms with Gasteiger partial charge in [-0.15, -0.1) is 11.6 Å². The maximum Gasteiger partial charge on any atom is 0.118 e. The average molecular weight is 318 g/mol. The van der Waals surface area contributed by atoms with Crippen LogP contribution in [0, 0.1) is 6.92 Å². The predicted octanol–water partition coefficient (Wildman–Crippen LogP) is 4.11. The lowest BCUT2D eigenvalue weighted by Gasteiger charge is -2.19. The van der Waals surface area contributed by atoms with E-state index in [-0.39, 0.29) is 0 Å². The molecule has 0 amide bonds. The number of aromatic nitrogens is 2. The molecule has 100 valence electrons. The lowest BCUT2D eigenvalue weighted by Crippen LogP contribution is -2.10. The molecule has 0 saturated carbocycles. The Morgan fingerprint density at radius 3 is 2.47 bits per heavy atom. The van der Waals surface area contributed by atoms with Gasteiger partial charge in [-0.05, 0) is 24.6 Å². The second-order valence-electron chi connectivity index (χ2n) is 4.04. The lowest BCUT2D eigenvalue weighted by atomic mass is 10.0. The van der Waals surface area contributed by atoms with Gasteiger partial charge in [-0.3, -0.25) is 9.97 Å². The SMILES string of the molecule is Cc1nccnc1C(O)C(Cl)c1ccc(Cl)cc1Cl. The number of alkyl halides is 1. The molecule has 1 N–H and O–H groups in total. The number of benzene rings is 1. The van der Waals surface area contributed by atoms with E-state index in [0.29, 0.717) is 27.0 Å². The number of nitrogens with zero attached hydrogens (tertiary/aromatic N) is 2. The number of hydrogen-bond donors (Lipinski definition) is 1. The van der Waals surface area contributed by atoms with Crippen LogP contribution in [0.1, 0.15) is 28.4 Å². The van der Waals surface area contributed by atoms with Gasteiger partial charge in [0.25, 0.3) is 0 Å². The summed E-state index contributed by atoms with van der Waals surface area (Å²) in [5.41, 5.74) is 1.67. The average Bonchev–Trinajstić information content (AvgIpc) is 2.38. The molecule has 0 radical (unpaired) electrons. The molecule has 2 rings (SSSR count). The third kappa shape index (κ3) is 3.18. The zero-order valence-electron chi connectivity index (χ0n) is 10.0. The number of rotatable bonds is 3. The van der Waals surface area contributed by atoms with E-state index in [1.54, 1.807) is 31.3 Å². The molecule has 0 fully saturated rings. The first-order valence-corrected chi connectivity index (χ1v) is 6.74. The zero-order chi connectivity index (χ0) is 14.0.